The Hall–Kier alpha value is -0.900. The van der Waals surface area contributed by atoms with Crippen molar-refractivity contribution in [1.82, 2.24) is 0 Å². The summed E-state index contributed by atoms with van der Waals surface area (Å²) in [6.07, 6.45) is 0. The number of nitrogens with two attached hydrogens (primary N) is 1. The van der Waals surface area contributed by atoms with E-state index < -0.39 is 18.3 Å². The fourth-order valence-electron chi connectivity index (χ4n) is 0.0779. The molecule has 0 saturated carbocycles. The average molecular weight is 103 g/mol. The van der Waals surface area contributed by atoms with Gasteiger partial charge in [-0.05, 0) is 0 Å². The van der Waals surface area contributed by atoms with Gasteiger partial charge in [-0.25, -0.2) is 0 Å². The summed E-state index contributed by atoms with van der Waals surface area (Å²) < 4.78 is 0. The van der Waals surface area contributed by atoms with Crippen LogP contribution in [-0.4, -0.2) is 23.4 Å². The minimum atomic E-state index is -1.09. The number of amides is 1. The third kappa shape index (κ3) is 1.88. The molecule has 0 atom stereocenters. The molecule has 0 aliphatic carbocycles. The Morgan fingerprint density at radius 3 is 2.00 bits per heavy atom. The van der Waals surface area contributed by atoms with Crippen LogP contribution in [0.5, 0.6) is 0 Å². The molecule has 0 aromatic carbocycles. The largest absolute Gasteiger partial charge is 0.388 e. The van der Waals surface area contributed by atoms with Crippen LogP contribution in [0.2, 0.25) is 0 Å². The van der Waals surface area contributed by atoms with Gasteiger partial charge in [0.05, 0.1) is 0 Å². The number of carbonyl (C=O) groups excluding carboxylic acids is 2. The van der Waals surface area contributed by atoms with Crippen molar-refractivity contribution in [1.29, 1.82) is 0 Å². The Labute approximate surface area is 39.9 Å². The molecule has 4 heteroatoms. The SMILES string of the molecule is NC(=O)C(=O)CO. The number of aliphatic hydroxyl groups excluding tert-OH is 1. The summed E-state index contributed by atoms with van der Waals surface area (Å²) in [6.45, 7) is -0.796. The van der Waals surface area contributed by atoms with Gasteiger partial charge in [-0.2, -0.15) is 0 Å². The highest BCUT2D eigenvalue weighted by Crippen LogP contribution is 1.61. The molecule has 0 radical (unpaired) electrons. The van der Waals surface area contributed by atoms with Crippen molar-refractivity contribution >= 4 is 11.7 Å². The van der Waals surface area contributed by atoms with Gasteiger partial charge in [-0.1, -0.05) is 0 Å². The average Bonchev–Trinajstić information content (AvgIpc) is 1.65. The summed E-state index contributed by atoms with van der Waals surface area (Å²) in [7, 11) is 0. The summed E-state index contributed by atoms with van der Waals surface area (Å²) >= 11 is 0. The maximum absolute atomic E-state index is 9.79. The summed E-state index contributed by atoms with van der Waals surface area (Å²) in [5.41, 5.74) is 4.40. The predicted octanol–water partition coefficient (Wildman–Crippen LogP) is -1.97. The second-order valence-corrected chi connectivity index (χ2v) is 0.946. The van der Waals surface area contributed by atoms with Crippen LogP contribution < -0.4 is 5.73 Å². The van der Waals surface area contributed by atoms with Gasteiger partial charge in [0.2, 0.25) is 5.78 Å². The molecule has 4 nitrogen and oxygen atoms in total. The molecule has 0 aliphatic heterocycles. The van der Waals surface area contributed by atoms with Crippen LogP contribution in [-0.2, 0) is 9.59 Å². The molecule has 0 rings (SSSR count). The monoisotopic (exact) mass is 103 g/mol. The maximum atomic E-state index is 9.79. The Kier molecular flexibility index (Phi) is 2.01. The van der Waals surface area contributed by atoms with Crippen molar-refractivity contribution in [3.8, 4) is 0 Å². The van der Waals surface area contributed by atoms with Crippen LogP contribution >= 0.6 is 0 Å². The van der Waals surface area contributed by atoms with E-state index in [1.165, 1.54) is 0 Å². The van der Waals surface area contributed by atoms with Crippen LogP contribution in [0.4, 0.5) is 0 Å². The first kappa shape index (κ1) is 6.10. The van der Waals surface area contributed by atoms with Gasteiger partial charge < -0.3 is 10.8 Å². The number of hydrogen-bond acceptors (Lipinski definition) is 3. The van der Waals surface area contributed by atoms with Gasteiger partial charge in [-0.15, -0.1) is 0 Å². The molecule has 1 amide bonds. The summed E-state index contributed by atoms with van der Waals surface area (Å²) in [5, 5.41) is 7.85. The van der Waals surface area contributed by atoms with E-state index >= 15 is 0 Å². The van der Waals surface area contributed by atoms with E-state index in [1.807, 2.05) is 0 Å². The summed E-state index contributed by atoms with van der Waals surface area (Å²) in [6, 6.07) is 0. The van der Waals surface area contributed by atoms with E-state index in [1.54, 1.807) is 0 Å². The highest BCUT2D eigenvalue weighted by Gasteiger charge is 2.03. The third-order valence-corrected chi connectivity index (χ3v) is 0.418. The van der Waals surface area contributed by atoms with E-state index in [9.17, 15) is 9.59 Å². The third-order valence-electron chi connectivity index (χ3n) is 0.418. The van der Waals surface area contributed by atoms with Gasteiger partial charge in [0.15, 0.2) is 0 Å². The maximum Gasteiger partial charge on any atom is 0.287 e. The second kappa shape index (κ2) is 2.30. The lowest BCUT2D eigenvalue weighted by Gasteiger charge is -1.81. The van der Waals surface area contributed by atoms with Crippen molar-refractivity contribution < 1.29 is 14.7 Å². The van der Waals surface area contributed by atoms with Gasteiger partial charge in [0.25, 0.3) is 5.91 Å². The Morgan fingerprint density at radius 1 is 1.57 bits per heavy atom. The normalized spacial score (nSPS) is 8.14. The molecule has 0 spiro atoms. The summed E-state index contributed by atoms with van der Waals surface area (Å²) in [5.74, 6) is -2.05. The molecule has 0 aromatic heterocycles. The van der Waals surface area contributed by atoms with Gasteiger partial charge in [-0.3, -0.25) is 9.59 Å². The highest BCUT2D eigenvalue weighted by molar-refractivity contribution is 6.36. The standard InChI is InChI=1S/C3H5NO3/c4-3(7)2(6)1-5/h5H,1H2,(H2,4,7). The van der Waals surface area contributed by atoms with Gasteiger partial charge >= 0.3 is 0 Å². The Morgan fingerprint density at radius 2 is 2.00 bits per heavy atom. The van der Waals surface area contributed by atoms with Crippen molar-refractivity contribution in [3.05, 3.63) is 0 Å². The predicted molar refractivity (Wildman–Crippen MR) is 21.3 cm³/mol. The lowest BCUT2D eigenvalue weighted by atomic mass is 10.4. The van der Waals surface area contributed by atoms with Gasteiger partial charge in [0, 0.05) is 0 Å². The zero-order valence-electron chi connectivity index (χ0n) is 3.55. The second-order valence-electron chi connectivity index (χ2n) is 0.946. The highest BCUT2D eigenvalue weighted by atomic mass is 16.3. The van der Waals surface area contributed by atoms with Gasteiger partial charge in [0.1, 0.15) is 6.61 Å². The first-order valence-corrected chi connectivity index (χ1v) is 1.62. The van der Waals surface area contributed by atoms with E-state index in [0.29, 0.717) is 0 Å². The first-order chi connectivity index (χ1) is 3.18. The minimum absolute atomic E-state index is 0.796. The van der Waals surface area contributed by atoms with Crippen molar-refractivity contribution in [2.75, 3.05) is 6.61 Å². The van der Waals surface area contributed by atoms with E-state index in [0.717, 1.165) is 0 Å². The number of primary amides is 1. The number of carbonyl (C=O) groups is 2. The topological polar surface area (TPSA) is 80.4 Å². The van der Waals surface area contributed by atoms with Crippen molar-refractivity contribution in [2.24, 2.45) is 5.73 Å². The number of aliphatic hydroxyl groups is 1. The van der Waals surface area contributed by atoms with Crippen LogP contribution in [0.3, 0.4) is 0 Å². The number of rotatable bonds is 2. The quantitative estimate of drug-likeness (QED) is 0.398. The fraction of sp³-hybridized carbons (Fsp3) is 0.333. The Balaban J connectivity index is 3.58. The van der Waals surface area contributed by atoms with Crippen molar-refractivity contribution in [3.63, 3.8) is 0 Å². The molecule has 0 aromatic rings. The van der Waals surface area contributed by atoms with Crippen LogP contribution in [0.1, 0.15) is 0 Å². The van der Waals surface area contributed by atoms with E-state index in [2.05, 4.69) is 5.73 Å². The van der Waals surface area contributed by atoms with Crippen molar-refractivity contribution in [2.45, 2.75) is 0 Å². The number of hydrogen-bond donors (Lipinski definition) is 2. The molecule has 0 fully saturated rings. The van der Waals surface area contributed by atoms with E-state index in [4.69, 9.17) is 5.11 Å². The molecule has 40 valence electrons. The smallest absolute Gasteiger partial charge is 0.287 e. The first-order valence-electron chi connectivity index (χ1n) is 1.62. The molecular formula is C3H5NO3. The minimum Gasteiger partial charge on any atom is -0.388 e. The zero-order chi connectivity index (χ0) is 5.86. The molecular weight excluding hydrogens is 98.0 g/mol. The Bertz CT molecular complexity index is 98.4. The summed E-state index contributed by atoms with van der Waals surface area (Å²) in [4.78, 5) is 19.4. The number of Topliss-reactive ketones (excluding diaryl/α,β-unsaturated/α-hetero) is 1. The molecule has 0 aliphatic rings. The number of ketones is 1. The molecule has 7 heavy (non-hydrogen) atoms. The molecule has 3 N–H and O–H groups in total. The lowest BCUT2D eigenvalue weighted by molar-refractivity contribution is -0.137. The zero-order valence-corrected chi connectivity index (χ0v) is 3.55. The molecule has 0 heterocycles. The van der Waals surface area contributed by atoms with Crippen LogP contribution in [0.15, 0.2) is 0 Å². The lowest BCUT2D eigenvalue weighted by Crippen LogP contribution is -2.25. The fourth-order valence-corrected chi connectivity index (χ4v) is 0.0779. The molecule has 0 bridgehead atoms. The van der Waals surface area contributed by atoms with E-state index in [-0.39, 0.29) is 0 Å². The van der Waals surface area contributed by atoms with Crippen LogP contribution in [0, 0.1) is 0 Å². The van der Waals surface area contributed by atoms with Crippen LogP contribution in [0.25, 0.3) is 0 Å². The molecule has 0 unspecified atom stereocenters. The molecule has 0 saturated heterocycles.